The molecule has 94 valence electrons. The standard InChI is InChI=1S/C10H11F2O2PS2/c1-2-7-13-15(16,14-8-11)17-10-5-3-9(12)4-6-10/h2-6H,1,7-8H2. The van der Waals surface area contributed by atoms with Gasteiger partial charge in [0, 0.05) is 4.90 Å². The minimum atomic E-state index is -2.79. The van der Waals surface area contributed by atoms with Crippen LogP contribution in [0, 0.1) is 5.82 Å². The van der Waals surface area contributed by atoms with E-state index in [4.69, 9.17) is 20.9 Å². The van der Waals surface area contributed by atoms with Crippen LogP contribution in [0.3, 0.4) is 0 Å². The molecule has 1 aromatic carbocycles. The van der Waals surface area contributed by atoms with Crippen LogP contribution >= 0.6 is 17.1 Å². The van der Waals surface area contributed by atoms with E-state index < -0.39 is 12.6 Å². The van der Waals surface area contributed by atoms with Crippen molar-refractivity contribution in [2.75, 3.05) is 13.5 Å². The molecule has 17 heavy (non-hydrogen) atoms. The zero-order valence-corrected chi connectivity index (χ0v) is 11.4. The maximum atomic E-state index is 12.7. The average Bonchev–Trinajstić information content (AvgIpc) is 2.30. The Morgan fingerprint density at radius 1 is 1.35 bits per heavy atom. The fourth-order valence-corrected chi connectivity index (χ4v) is 4.86. The van der Waals surface area contributed by atoms with Gasteiger partial charge in [-0.1, -0.05) is 6.08 Å². The first kappa shape index (κ1) is 14.8. The lowest BCUT2D eigenvalue weighted by Crippen LogP contribution is -1.92. The van der Waals surface area contributed by atoms with Gasteiger partial charge in [-0.3, -0.25) is 4.52 Å². The second-order valence-corrected chi connectivity index (χ2v) is 9.01. The van der Waals surface area contributed by atoms with E-state index in [-0.39, 0.29) is 12.4 Å². The molecule has 0 heterocycles. The second-order valence-electron chi connectivity index (χ2n) is 2.82. The van der Waals surface area contributed by atoms with Crippen molar-refractivity contribution in [2.45, 2.75) is 4.90 Å². The molecular weight excluding hydrogens is 285 g/mol. The van der Waals surface area contributed by atoms with Crippen LogP contribution in [0.25, 0.3) is 0 Å². The van der Waals surface area contributed by atoms with Crippen molar-refractivity contribution in [1.29, 1.82) is 0 Å². The Hall–Kier alpha value is -0.260. The third-order valence-corrected chi connectivity index (χ3v) is 6.41. The van der Waals surface area contributed by atoms with Crippen molar-refractivity contribution in [2.24, 2.45) is 0 Å². The normalized spacial score (nSPS) is 14.2. The van der Waals surface area contributed by atoms with Crippen molar-refractivity contribution >= 4 is 28.9 Å². The number of hydrogen-bond acceptors (Lipinski definition) is 4. The number of hydrogen-bond donors (Lipinski definition) is 0. The van der Waals surface area contributed by atoms with E-state index >= 15 is 0 Å². The van der Waals surface area contributed by atoms with Gasteiger partial charge in [-0.15, -0.1) is 6.58 Å². The highest BCUT2D eigenvalue weighted by Gasteiger charge is 2.20. The van der Waals surface area contributed by atoms with E-state index in [1.54, 1.807) is 12.1 Å². The highest BCUT2D eigenvalue weighted by atomic mass is 32.9. The largest absolute Gasteiger partial charge is 0.317 e. The van der Waals surface area contributed by atoms with Gasteiger partial charge >= 0.3 is 0 Å². The third kappa shape index (κ3) is 5.27. The van der Waals surface area contributed by atoms with Gasteiger partial charge in [0.2, 0.25) is 0 Å². The van der Waals surface area contributed by atoms with Crippen molar-refractivity contribution in [1.82, 2.24) is 0 Å². The van der Waals surface area contributed by atoms with Crippen LogP contribution in [-0.2, 0) is 20.9 Å². The summed E-state index contributed by atoms with van der Waals surface area (Å²) >= 11 is 6.22. The summed E-state index contributed by atoms with van der Waals surface area (Å²) in [5.74, 6) is -0.346. The number of rotatable bonds is 7. The van der Waals surface area contributed by atoms with Gasteiger partial charge in [-0.2, -0.15) is 0 Å². The summed E-state index contributed by atoms with van der Waals surface area (Å²) in [7, 11) is 0. The molecule has 0 amide bonds. The molecule has 1 rings (SSSR count). The Kier molecular flexibility index (Phi) is 6.30. The van der Waals surface area contributed by atoms with Crippen molar-refractivity contribution in [3.05, 3.63) is 42.7 Å². The van der Waals surface area contributed by atoms with Gasteiger partial charge in [-0.05, 0) is 47.5 Å². The van der Waals surface area contributed by atoms with Crippen LogP contribution in [0.15, 0.2) is 41.8 Å². The Bertz CT molecular complexity index is 411. The molecule has 0 fully saturated rings. The third-order valence-electron chi connectivity index (χ3n) is 1.59. The summed E-state index contributed by atoms with van der Waals surface area (Å²) in [4.78, 5) is 0.673. The van der Waals surface area contributed by atoms with E-state index in [0.29, 0.717) is 4.90 Å². The summed E-state index contributed by atoms with van der Waals surface area (Å²) in [6, 6.07) is 5.68. The highest BCUT2D eigenvalue weighted by Crippen LogP contribution is 2.63. The van der Waals surface area contributed by atoms with Gasteiger partial charge in [0.1, 0.15) is 5.82 Å². The zero-order valence-electron chi connectivity index (χ0n) is 8.84. The molecule has 2 nitrogen and oxygen atoms in total. The minimum Gasteiger partial charge on any atom is -0.317 e. The molecule has 1 unspecified atom stereocenters. The first-order valence-electron chi connectivity index (χ1n) is 4.61. The van der Waals surface area contributed by atoms with Gasteiger partial charge in [0.15, 0.2) is 6.86 Å². The van der Waals surface area contributed by atoms with E-state index in [1.807, 2.05) is 0 Å². The first-order valence-corrected chi connectivity index (χ1v) is 8.67. The lowest BCUT2D eigenvalue weighted by molar-refractivity contribution is 0.184. The molecular formula is C10H11F2O2PS2. The number of halogens is 2. The van der Waals surface area contributed by atoms with E-state index in [1.165, 1.54) is 18.2 Å². The smallest absolute Gasteiger partial charge is 0.254 e. The Morgan fingerprint density at radius 2 is 2.00 bits per heavy atom. The fourth-order valence-electron chi connectivity index (χ4n) is 0.918. The quantitative estimate of drug-likeness (QED) is 0.551. The summed E-state index contributed by atoms with van der Waals surface area (Å²) < 4.78 is 35.0. The molecule has 1 atom stereocenters. The molecule has 0 N–H and O–H groups in total. The van der Waals surface area contributed by atoms with E-state index in [9.17, 15) is 8.78 Å². The molecule has 0 saturated carbocycles. The average molecular weight is 296 g/mol. The highest BCUT2D eigenvalue weighted by molar-refractivity contribution is 8.67. The molecule has 0 radical (unpaired) electrons. The van der Waals surface area contributed by atoms with Crippen LogP contribution < -0.4 is 0 Å². The van der Waals surface area contributed by atoms with Crippen LogP contribution in [0.1, 0.15) is 0 Å². The Balaban J connectivity index is 2.74. The maximum Gasteiger partial charge on any atom is 0.254 e. The molecule has 0 spiro atoms. The number of alkyl halides is 1. The zero-order chi connectivity index (χ0) is 12.7. The second kappa shape index (κ2) is 7.24. The molecule has 0 aliphatic rings. The SMILES string of the molecule is C=CCOP(=S)(OCF)Sc1ccc(F)cc1. The lowest BCUT2D eigenvalue weighted by Gasteiger charge is -2.18. The van der Waals surface area contributed by atoms with Crippen molar-refractivity contribution < 1.29 is 17.8 Å². The van der Waals surface area contributed by atoms with Gasteiger partial charge < -0.3 is 4.52 Å². The maximum absolute atomic E-state index is 12.7. The molecule has 7 heteroatoms. The van der Waals surface area contributed by atoms with Crippen LogP contribution in [0.5, 0.6) is 0 Å². The Labute approximate surface area is 108 Å². The summed E-state index contributed by atoms with van der Waals surface area (Å²) in [6.07, 6.45) is 1.51. The molecule has 0 aliphatic heterocycles. The molecule has 0 aromatic heterocycles. The first-order chi connectivity index (χ1) is 8.09. The van der Waals surface area contributed by atoms with Gasteiger partial charge in [-0.25, -0.2) is 8.78 Å². The predicted molar refractivity (Wildman–Crippen MR) is 69.8 cm³/mol. The van der Waals surface area contributed by atoms with E-state index in [0.717, 1.165) is 11.4 Å². The van der Waals surface area contributed by atoms with Crippen molar-refractivity contribution in [3.8, 4) is 0 Å². The fraction of sp³-hybridized carbons (Fsp3) is 0.200. The topological polar surface area (TPSA) is 18.5 Å². The molecule has 0 aliphatic carbocycles. The number of benzene rings is 1. The van der Waals surface area contributed by atoms with Crippen molar-refractivity contribution in [3.63, 3.8) is 0 Å². The van der Waals surface area contributed by atoms with Gasteiger partial charge in [0.05, 0.1) is 6.61 Å². The monoisotopic (exact) mass is 296 g/mol. The summed E-state index contributed by atoms with van der Waals surface area (Å²) in [5.41, 5.74) is -2.79. The molecule has 0 saturated heterocycles. The van der Waals surface area contributed by atoms with Crippen LogP contribution in [0.4, 0.5) is 8.78 Å². The molecule has 0 bridgehead atoms. The Morgan fingerprint density at radius 3 is 2.53 bits per heavy atom. The summed E-state index contributed by atoms with van der Waals surface area (Å²) in [6.45, 7) is 2.66. The van der Waals surface area contributed by atoms with Crippen LogP contribution in [0.2, 0.25) is 0 Å². The summed E-state index contributed by atoms with van der Waals surface area (Å²) in [5, 5.41) is 0. The minimum absolute atomic E-state index is 0.186. The van der Waals surface area contributed by atoms with Crippen LogP contribution in [-0.4, -0.2) is 13.5 Å². The molecule has 1 aromatic rings. The lowest BCUT2D eigenvalue weighted by atomic mass is 10.4. The predicted octanol–water partition coefficient (Wildman–Crippen LogP) is 4.29. The van der Waals surface area contributed by atoms with E-state index in [2.05, 4.69) is 6.58 Å². The van der Waals surface area contributed by atoms with Gasteiger partial charge in [0.25, 0.3) is 5.69 Å².